The Balaban J connectivity index is 1.89. The van der Waals surface area contributed by atoms with Crippen molar-refractivity contribution >= 4 is 87.6 Å². The molecule has 1 spiro atoms. The molecule has 0 saturated heterocycles. The van der Waals surface area contributed by atoms with Crippen LogP contribution in [0.2, 0.25) is 0 Å². The lowest BCUT2D eigenvalue weighted by atomic mass is 9.69. The van der Waals surface area contributed by atoms with Gasteiger partial charge in [0.15, 0.2) is 17.1 Å². The maximum atomic E-state index is 13.3. The Morgan fingerprint density at radius 2 is 1.74 bits per heavy atom. The summed E-state index contributed by atoms with van der Waals surface area (Å²) in [6.45, 7) is 2.48. The minimum Gasteiger partial charge on any atom is -0.482 e. The number of hydrogen-bond donors (Lipinski definition) is 1. The molecule has 3 unspecified atom stereocenters. The Labute approximate surface area is 248 Å². The van der Waals surface area contributed by atoms with E-state index in [0.29, 0.717) is 19.0 Å². The number of halogens is 4. The Morgan fingerprint density at radius 1 is 1.05 bits per heavy atom. The topological polar surface area (TPSA) is 125 Å². The van der Waals surface area contributed by atoms with Gasteiger partial charge in [0.2, 0.25) is 0 Å². The van der Waals surface area contributed by atoms with Gasteiger partial charge in [-0.2, -0.15) is 0 Å². The van der Waals surface area contributed by atoms with Crippen LogP contribution in [0.3, 0.4) is 0 Å². The molecule has 1 N–H and O–H groups in total. The zero-order chi connectivity index (χ0) is 27.7. The number of allylic oxidation sites excluding steroid dienone is 1. The Hall–Kier alpha value is -2.48. The number of aromatic carboxylic acids is 1. The zero-order valence-electron chi connectivity index (χ0n) is 19.3. The van der Waals surface area contributed by atoms with Crippen LogP contribution in [-0.2, 0) is 24.7 Å². The molecule has 38 heavy (non-hydrogen) atoms. The third-order valence-corrected chi connectivity index (χ3v) is 8.96. The van der Waals surface area contributed by atoms with Crippen LogP contribution in [0.4, 0.5) is 0 Å². The number of benzene rings is 2. The number of esters is 3. The van der Waals surface area contributed by atoms with Crippen molar-refractivity contribution in [2.24, 2.45) is 5.92 Å². The molecule has 5 rings (SSSR count). The van der Waals surface area contributed by atoms with Gasteiger partial charge < -0.3 is 24.1 Å². The predicted molar refractivity (Wildman–Crippen MR) is 145 cm³/mol. The van der Waals surface area contributed by atoms with E-state index in [0.717, 1.165) is 0 Å². The number of fused-ring (bicyclic) bond motifs is 6. The molecule has 0 saturated carbocycles. The second kappa shape index (κ2) is 9.61. The maximum absolute atomic E-state index is 13.3. The minimum absolute atomic E-state index is 0.0863. The van der Waals surface area contributed by atoms with Gasteiger partial charge in [-0.15, -0.1) is 0 Å². The van der Waals surface area contributed by atoms with E-state index in [1.54, 1.807) is 12.1 Å². The van der Waals surface area contributed by atoms with Crippen LogP contribution >= 0.6 is 63.7 Å². The van der Waals surface area contributed by atoms with Crippen molar-refractivity contribution in [2.75, 3.05) is 0 Å². The molecular formula is C25H14Br4O9. The Kier molecular flexibility index (Phi) is 6.86. The van der Waals surface area contributed by atoms with Crippen molar-refractivity contribution in [3.05, 3.63) is 76.3 Å². The van der Waals surface area contributed by atoms with Crippen LogP contribution in [-0.4, -0.2) is 35.1 Å². The first-order valence-electron chi connectivity index (χ1n) is 10.8. The molecule has 0 radical (unpaired) electrons. The van der Waals surface area contributed by atoms with Crippen molar-refractivity contribution < 1.29 is 43.2 Å². The quantitative estimate of drug-likeness (QED) is 0.291. The largest absolute Gasteiger partial charge is 0.482 e. The predicted octanol–water partition coefficient (Wildman–Crippen LogP) is 6.09. The van der Waals surface area contributed by atoms with E-state index in [1.165, 1.54) is 32.0 Å². The average Bonchev–Trinajstić information content (AvgIpc) is 3.14. The molecule has 0 aromatic heterocycles. The van der Waals surface area contributed by atoms with Gasteiger partial charge in [-0.1, -0.05) is 12.1 Å². The van der Waals surface area contributed by atoms with Gasteiger partial charge in [0.25, 0.3) is 0 Å². The normalized spacial score (nSPS) is 23.0. The SMILES string of the molecule is CC(=O)OC1=C(Br)C2Oc3c(cc(Br)c(OC(C)=O)c3Br)C3(OC(=O)c4cccc(C(=O)O)c43)C2C=C1Br. The lowest BCUT2D eigenvalue weighted by Crippen LogP contribution is -2.50. The monoisotopic (exact) mass is 774 g/mol. The minimum atomic E-state index is -1.70. The number of ether oxygens (including phenoxy) is 4. The van der Waals surface area contributed by atoms with Crippen LogP contribution in [0.25, 0.3) is 0 Å². The highest BCUT2D eigenvalue weighted by Gasteiger charge is 2.62. The van der Waals surface area contributed by atoms with Crippen molar-refractivity contribution in [1.29, 1.82) is 0 Å². The first-order chi connectivity index (χ1) is 17.9. The van der Waals surface area contributed by atoms with E-state index in [4.69, 9.17) is 18.9 Å². The third-order valence-electron chi connectivity index (χ3n) is 6.21. The summed E-state index contributed by atoms with van der Waals surface area (Å²) in [7, 11) is 0. The van der Waals surface area contributed by atoms with Crippen LogP contribution in [0.1, 0.15) is 45.7 Å². The standard InChI is InChI=1S/C25H14Br4O9/c1-8(30)35-21-14(26)6-12-19(17(21)28)37-20-13(7-15(27)22(18(20)29)36-9(2)31)25(12)16-10(23(32)33)4-3-5-11(16)24(34)38-25/h3-7,12,19H,1-2H3,(H,32,33). The van der Waals surface area contributed by atoms with Crippen molar-refractivity contribution in [1.82, 2.24) is 0 Å². The molecule has 2 aliphatic heterocycles. The van der Waals surface area contributed by atoms with Crippen LogP contribution in [0.5, 0.6) is 11.5 Å². The molecule has 9 nitrogen and oxygen atoms in total. The molecule has 13 heteroatoms. The van der Waals surface area contributed by atoms with E-state index in [1.807, 2.05) is 0 Å². The molecule has 2 aromatic carbocycles. The molecule has 1 aliphatic carbocycles. The van der Waals surface area contributed by atoms with E-state index < -0.39 is 41.5 Å². The van der Waals surface area contributed by atoms with Gasteiger partial charge in [-0.05, 0) is 81.9 Å². The summed E-state index contributed by atoms with van der Waals surface area (Å²) in [5.74, 6) is -3.60. The molecule has 2 heterocycles. The van der Waals surface area contributed by atoms with Gasteiger partial charge in [0, 0.05) is 25.0 Å². The number of carbonyl (C=O) groups excluding carboxylic acids is 3. The van der Waals surface area contributed by atoms with Crippen LogP contribution < -0.4 is 9.47 Å². The molecule has 3 aliphatic rings. The van der Waals surface area contributed by atoms with Gasteiger partial charge in [0.1, 0.15) is 16.3 Å². The number of carboxylic acid groups (broad SMARTS) is 1. The zero-order valence-corrected chi connectivity index (χ0v) is 25.6. The summed E-state index contributed by atoms with van der Waals surface area (Å²) in [4.78, 5) is 49.3. The fraction of sp³-hybridized carbons (Fsp3) is 0.200. The van der Waals surface area contributed by atoms with Crippen molar-refractivity contribution in [3.63, 3.8) is 0 Å². The van der Waals surface area contributed by atoms with Crippen LogP contribution in [0, 0.1) is 5.92 Å². The van der Waals surface area contributed by atoms with E-state index in [-0.39, 0.29) is 38.4 Å². The molecule has 3 atom stereocenters. The van der Waals surface area contributed by atoms with E-state index in [2.05, 4.69) is 63.7 Å². The highest BCUT2D eigenvalue weighted by atomic mass is 79.9. The first-order valence-corrected chi connectivity index (χ1v) is 14.0. The molecule has 0 fully saturated rings. The lowest BCUT2D eigenvalue weighted by molar-refractivity contribution is -0.136. The van der Waals surface area contributed by atoms with Gasteiger partial charge in [-0.25, -0.2) is 9.59 Å². The number of rotatable bonds is 3. The summed E-state index contributed by atoms with van der Waals surface area (Å²) in [5.41, 5.74) is -1.29. The molecule has 2 aromatic rings. The van der Waals surface area contributed by atoms with E-state index in [9.17, 15) is 24.3 Å². The summed E-state index contributed by atoms with van der Waals surface area (Å²) >= 11 is 13.8. The second-order valence-electron chi connectivity index (χ2n) is 8.48. The number of carbonyl (C=O) groups is 4. The molecular weight excluding hydrogens is 764 g/mol. The fourth-order valence-corrected chi connectivity index (χ4v) is 7.81. The summed E-state index contributed by atoms with van der Waals surface area (Å²) in [6, 6.07) is 5.92. The van der Waals surface area contributed by atoms with Gasteiger partial charge >= 0.3 is 23.9 Å². The summed E-state index contributed by atoms with van der Waals surface area (Å²) < 4.78 is 24.5. The fourth-order valence-electron chi connectivity index (χ4n) is 4.91. The van der Waals surface area contributed by atoms with Gasteiger partial charge in [-0.3, -0.25) is 9.59 Å². The number of hydrogen-bond acceptors (Lipinski definition) is 8. The number of carboxylic acids is 1. The molecule has 196 valence electrons. The summed E-state index contributed by atoms with van der Waals surface area (Å²) in [5, 5.41) is 10.1. The lowest BCUT2D eigenvalue weighted by Gasteiger charge is -2.47. The Bertz CT molecular complexity index is 1540. The molecule has 0 amide bonds. The highest BCUT2D eigenvalue weighted by molar-refractivity contribution is 9.12. The summed E-state index contributed by atoms with van der Waals surface area (Å²) in [6.07, 6.45) is 0.695. The highest BCUT2D eigenvalue weighted by Crippen LogP contribution is 2.62. The van der Waals surface area contributed by atoms with Crippen molar-refractivity contribution in [2.45, 2.75) is 25.6 Å². The van der Waals surface area contributed by atoms with Crippen molar-refractivity contribution in [3.8, 4) is 11.5 Å². The smallest absolute Gasteiger partial charge is 0.339 e. The third kappa shape index (κ3) is 3.97. The van der Waals surface area contributed by atoms with Crippen LogP contribution in [0.15, 0.2) is 54.0 Å². The second-order valence-corrected chi connectivity index (χ2v) is 11.8. The average molecular weight is 778 g/mol. The molecule has 0 bridgehead atoms. The van der Waals surface area contributed by atoms with Gasteiger partial charge in [0.05, 0.1) is 30.5 Å². The maximum Gasteiger partial charge on any atom is 0.339 e. The Morgan fingerprint density at radius 3 is 2.37 bits per heavy atom. The first kappa shape index (κ1) is 27.1. The van der Waals surface area contributed by atoms with E-state index >= 15 is 0 Å².